The number of hydrogen-bond acceptors (Lipinski definition) is 5. The predicted octanol–water partition coefficient (Wildman–Crippen LogP) is 4.31. The summed E-state index contributed by atoms with van der Waals surface area (Å²) in [6.07, 6.45) is 10.7. The van der Waals surface area contributed by atoms with E-state index in [1.807, 2.05) is 30.3 Å². The summed E-state index contributed by atoms with van der Waals surface area (Å²) in [5.41, 5.74) is 2.88. The van der Waals surface area contributed by atoms with E-state index in [-0.39, 0.29) is 5.91 Å². The monoisotopic (exact) mass is 504 g/mol. The zero-order valence-electron chi connectivity index (χ0n) is 21.8. The molecule has 1 aromatic carbocycles. The van der Waals surface area contributed by atoms with Gasteiger partial charge < -0.3 is 20.6 Å². The molecule has 2 heterocycles. The molecule has 5 rings (SSSR count). The number of rotatable bonds is 13. The Kier molecular flexibility index (Phi) is 8.08. The standard InChI is InChI=1S/C30H40N4O3/c35-28(36)26(33-29(37)30(17-7-18-30)23-9-2-1-3-10-23)16-21-34(25-14-15-25)20-5-4-11-24-13-12-22-8-6-19-31-27(22)32-24/h1-3,9-10,12-13,25-26H,4-8,11,14-21H2,(H,31,32)(H,33,37)(H,35,36). The van der Waals surface area contributed by atoms with Crippen molar-refractivity contribution in [3.8, 4) is 0 Å². The molecule has 0 spiro atoms. The van der Waals surface area contributed by atoms with Crippen LogP contribution in [-0.4, -0.2) is 58.6 Å². The number of carbonyl (C=O) groups excluding carboxylic acids is 1. The van der Waals surface area contributed by atoms with Crippen LogP contribution in [0.25, 0.3) is 0 Å². The Labute approximate surface area is 220 Å². The molecule has 2 aromatic rings. The van der Waals surface area contributed by atoms with Crippen molar-refractivity contribution in [2.24, 2.45) is 0 Å². The second-order valence-electron chi connectivity index (χ2n) is 11.0. The summed E-state index contributed by atoms with van der Waals surface area (Å²) >= 11 is 0. The van der Waals surface area contributed by atoms with Crippen molar-refractivity contribution in [1.29, 1.82) is 0 Å². The van der Waals surface area contributed by atoms with Crippen LogP contribution in [0.4, 0.5) is 5.82 Å². The molecule has 0 radical (unpaired) electrons. The van der Waals surface area contributed by atoms with Crippen molar-refractivity contribution in [2.45, 2.75) is 88.1 Å². The molecule has 2 saturated carbocycles. The fraction of sp³-hybridized carbons (Fsp3) is 0.567. The summed E-state index contributed by atoms with van der Waals surface area (Å²) in [6.45, 7) is 2.66. The van der Waals surface area contributed by atoms with Crippen molar-refractivity contribution in [3.63, 3.8) is 0 Å². The zero-order valence-corrected chi connectivity index (χ0v) is 21.8. The highest BCUT2D eigenvalue weighted by atomic mass is 16.4. The van der Waals surface area contributed by atoms with Crippen molar-refractivity contribution in [2.75, 3.05) is 25.0 Å². The number of amides is 1. The Bertz CT molecular complexity index is 1080. The van der Waals surface area contributed by atoms with E-state index in [4.69, 9.17) is 4.98 Å². The van der Waals surface area contributed by atoms with E-state index >= 15 is 0 Å². The first-order valence-electron chi connectivity index (χ1n) is 14.1. The minimum absolute atomic E-state index is 0.137. The molecule has 7 heteroatoms. The highest BCUT2D eigenvalue weighted by molar-refractivity contribution is 5.92. The maximum absolute atomic E-state index is 13.3. The number of fused-ring (bicyclic) bond motifs is 1. The summed E-state index contributed by atoms with van der Waals surface area (Å²) in [4.78, 5) is 32.6. The second-order valence-corrected chi connectivity index (χ2v) is 11.0. The number of benzene rings is 1. The largest absolute Gasteiger partial charge is 0.480 e. The molecule has 0 bridgehead atoms. The number of carbonyl (C=O) groups is 2. The number of hydrogen-bond donors (Lipinski definition) is 3. The van der Waals surface area contributed by atoms with Crippen LogP contribution in [0.2, 0.25) is 0 Å². The third-order valence-electron chi connectivity index (χ3n) is 8.42. The summed E-state index contributed by atoms with van der Waals surface area (Å²) in [6, 6.07) is 13.9. The molecule has 37 heavy (non-hydrogen) atoms. The molecule has 1 unspecified atom stereocenters. The Morgan fingerprint density at radius 1 is 1.08 bits per heavy atom. The van der Waals surface area contributed by atoms with Crippen LogP contribution in [0, 0.1) is 0 Å². The van der Waals surface area contributed by atoms with E-state index in [0.717, 1.165) is 75.1 Å². The molecule has 3 aliphatic rings. The maximum atomic E-state index is 13.3. The lowest BCUT2D eigenvalue weighted by Crippen LogP contribution is -2.54. The molecule has 1 aliphatic heterocycles. The van der Waals surface area contributed by atoms with E-state index in [9.17, 15) is 14.7 Å². The van der Waals surface area contributed by atoms with Crippen LogP contribution < -0.4 is 10.6 Å². The van der Waals surface area contributed by atoms with Crippen LogP contribution in [0.5, 0.6) is 0 Å². The fourth-order valence-corrected chi connectivity index (χ4v) is 5.83. The highest BCUT2D eigenvalue weighted by Crippen LogP contribution is 2.44. The second kappa shape index (κ2) is 11.6. The molecule has 3 N–H and O–H groups in total. The average Bonchev–Trinajstić information content (AvgIpc) is 3.73. The first-order chi connectivity index (χ1) is 18.0. The summed E-state index contributed by atoms with van der Waals surface area (Å²) in [5, 5.41) is 16.2. The van der Waals surface area contributed by atoms with Gasteiger partial charge in [-0.05, 0) is 87.9 Å². The Morgan fingerprint density at radius 2 is 1.89 bits per heavy atom. The number of anilines is 1. The lowest BCUT2D eigenvalue weighted by atomic mass is 9.63. The van der Waals surface area contributed by atoms with Gasteiger partial charge in [0.2, 0.25) is 5.91 Å². The number of carboxylic acids is 1. The smallest absolute Gasteiger partial charge is 0.326 e. The molecule has 7 nitrogen and oxygen atoms in total. The number of aryl methyl sites for hydroxylation is 2. The van der Waals surface area contributed by atoms with Crippen molar-refractivity contribution in [3.05, 3.63) is 59.3 Å². The fourth-order valence-electron chi connectivity index (χ4n) is 5.83. The van der Waals surface area contributed by atoms with Gasteiger partial charge in [0.1, 0.15) is 11.9 Å². The molecular weight excluding hydrogens is 464 g/mol. The average molecular weight is 505 g/mol. The minimum Gasteiger partial charge on any atom is -0.480 e. The van der Waals surface area contributed by atoms with Crippen molar-refractivity contribution in [1.82, 2.24) is 15.2 Å². The number of pyridine rings is 1. The van der Waals surface area contributed by atoms with Crippen LogP contribution >= 0.6 is 0 Å². The Balaban J connectivity index is 1.11. The van der Waals surface area contributed by atoms with E-state index in [1.54, 1.807) is 0 Å². The van der Waals surface area contributed by atoms with E-state index in [0.29, 0.717) is 19.0 Å². The Hall–Kier alpha value is -2.93. The number of carboxylic acid groups (broad SMARTS) is 1. The molecule has 1 atom stereocenters. The van der Waals surface area contributed by atoms with Gasteiger partial charge in [-0.25, -0.2) is 9.78 Å². The first-order valence-corrected chi connectivity index (χ1v) is 14.1. The van der Waals surface area contributed by atoms with Crippen molar-refractivity contribution < 1.29 is 14.7 Å². The summed E-state index contributed by atoms with van der Waals surface area (Å²) < 4.78 is 0. The lowest BCUT2D eigenvalue weighted by Gasteiger charge is -2.41. The molecule has 0 saturated heterocycles. The van der Waals surface area contributed by atoms with Gasteiger partial charge in [-0.2, -0.15) is 0 Å². The predicted molar refractivity (Wildman–Crippen MR) is 145 cm³/mol. The zero-order chi connectivity index (χ0) is 25.7. The third kappa shape index (κ3) is 6.15. The topological polar surface area (TPSA) is 94.6 Å². The lowest BCUT2D eigenvalue weighted by molar-refractivity contribution is -0.144. The van der Waals surface area contributed by atoms with Gasteiger partial charge in [-0.15, -0.1) is 0 Å². The van der Waals surface area contributed by atoms with Gasteiger partial charge in [-0.1, -0.05) is 42.8 Å². The molecule has 2 aliphatic carbocycles. The highest BCUT2D eigenvalue weighted by Gasteiger charge is 2.46. The van der Waals surface area contributed by atoms with Crippen molar-refractivity contribution >= 4 is 17.7 Å². The van der Waals surface area contributed by atoms with Gasteiger partial charge in [0.05, 0.1) is 5.41 Å². The Morgan fingerprint density at radius 3 is 2.59 bits per heavy atom. The number of unbranched alkanes of at least 4 members (excludes halogenated alkanes) is 1. The van der Waals surface area contributed by atoms with Gasteiger partial charge >= 0.3 is 5.97 Å². The molecule has 1 amide bonds. The van der Waals surface area contributed by atoms with Crippen LogP contribution in [-0.2, 0) is 27.8 Å². The van der Waals surface area contributed by atoms with Crippen LogP contribution in [0.3, 0.4) is 0 Å². The van der Waals surface area contributed by atoms with E-state index in [1.165, 1.54) is 24.8 Å². The number of aromatic nitrogens is 1. The van der Waals surface area contributed by atoms with Gasteiger partial charge in [0, 0.05) is 24.8 Å². The first kappa shape index (κ1) is 25.7. The van der Waals surface area contributed by atoms with E-state index in [2.05, 4.69) is 27.7 Å². The van der Waals surface area contributed by atoms with Gasteiger partial charge in [0.15, 0.2) is 0 Å². The van der Waals surface area contributed by atoms with Crippen LogP contribution in [0.15, 0.2) is 42.5 Å². The number of nitrogens with zero attached hydrogens (tertiary/aromatic N) is 2. The quantitative estimate of drug-likeness (QED) is 0.352. The maximum Gasteiger partial charge on any atom is 0.326 e. The van der Waals surface area contributed by atoms with E-state index < -0.39 is 17.4 Å². The molecular formula is C30H40N4O3. The molecule has 2 fully saturated rings. The van der Waals surface area contributed by atoms with Crippen LogP contribution in [0.1, 0.15) is 74.6 Å². The summed E-state index contributed by atoms with van der Waals surface area (Å²) in [5.74, 6) is -0.0258. The molecule has 1 aromatic heterocycles. The third-order valence-corrected chi connectivity index (χ3v) is 8.42. The normalized spacial score (nSPS) is 18.8. The van der Waals surface area contributed by atoms with Gasteiger partial charge in [0.25, 0.3) is 0 Å². The van der Waals surface area contributed by atoms with Gasteiger partial charge in [-0.3, -0.25) is 4.79 Å². The minimum atomic E-state index is -0.946. The number of aliphatic carboxylic acids is 1. The summed E-state index contributed by atoms with van der Waals surface area (Å²) in [7, 11) is 0. The SMILES string of the molecule is O=C(O)C(CCN(CCCCc1ccc2c(n1)NCCC2)C1CC1)NC(=O)C1(c2ccccc2)CCC1. The molecule has 198 valence electrons. The number of nitrogens with one attached hydrogen (secondary N) is 2.